The largest absolute Gasteiger partial charge is 0.383 e. The monoisotopic (exact) mass is 628 g/mol. The molecule has 0 saturated heterocycles. The van der Waals surface area contributed by atoms with Crippen LogP contribution in [0, 0.1) is 0 Å². The fraction of sp³-hybridized carbons (Fsp3) is 0. The van der Waals surface area contributed by atoms with Gasteiger partial charge in [0.1, 0.15) is 5.84 Å². The molecule has 49 heavy (non-hydrogen) atoms. The van der Waals surface area contributed by atoms with Crippen molar-refractivity contribution >= 4 is 49.7 Å². The molecular weight excluding hydrogens is 597 g/mol. The molecule has 2 heterocycles. The molecule has 0 fully saturated rings. The third kappa shape index (κ3) is 5.88. The Morgan fingerprint density at radius 2 is 1.16 bits per heavy atom. The summed E-state index contributed by atoms with van der Waals surface area (Å²) in [6, 6.07) is 53.8. The van der Waals surface area contributed by atoms with Crippen molar-refractivity contribution in [1.82, 2.24) is 9.97 Å². The molecule has 2 N–H and O–H groups in total. The van der Waals surface area contributed by atoms with E-state index in [-0.39, 0.29) is 0 Å². The van der Waals surface area contributed by atoms with Gasteiger partial charge in [-0.05, 0) is 51.2 Å². The summed E-state index contributed by atoms with van der Waals surface area (Å²) in [5, 5.41) is 4.46. The Morgan fingerprint density at radius 3 is 1.90 bits per heavy atom. The van der Waals surface area contributed by atoms with E-state index in [0.29, 0.717) is 5.84 Å². The highest BCUT2D eigenvalue weighted by Crippen LogP contribution is 2.37. The van der Waals surface area contributed by atoms with Gasteiger partial charge in [0.05, 0.1) is 22.4 Å². The predicted octanol–water partition coefficient (Wildman–Crippen LogP) is 10.7. The number of benzene rings is 6. The zero-order valence-corrected chi connectivity index (χ0v) is 26.8. The number of hydrogen-bond donors (Lipinski definition) is 1. The molecule has 0 atom stereocenters. The molecule has 2 aromatic heterocycles. The van der Waals surface area contributed by atoms with Crippen LogP contribution in [0.15, 0.2) is 182 Å². The third-order valence-electron chi connectivity index (χ3n) is 8.89. The van der Waals surface area contributed by atoms with E-state index in [9.17, 15) is 0 Å². The van der Waals surface area contributed by atoms with Crippen molar-refractivity contribution in [2.75, 3.05) is 0 Å². The number of pyridine rings is 2. The molecule has 0 aliphatic heterocycles. The second-order valence-corrected chi connectivity index (χ2v) is 12.0. The Labute approximate surface area is 285 Å². The summed E-state index contributed by atoms with van der Waals surface area (Å²) in [5.74, 6) is 0.449. The van der Waals surface area contributed by atoms with Crippen LogP contribution in [0.2, 0.25) is 0 Å². The lowest BCUT2D eigenvalue weighted by molar-refractivity contribution is 1.37. The summed E-state index contributed by atoms with van der Waals surface area (Å²) in [5.41, 5.74) is 17.0. The van der Waals surface area contributed by atoms with Gasteiger partial charge in [-0.25, -0.2) is 9.98 Å². The first kappa shape index (κ1) is 29.7. The van der Waals surface area contributed by atoms with Gasteiger partial charge in [-0.3, -0.25) is 4.98 Å². The summed E-state index contributed by atoms with van der Waals surface area (Å²) in [6.45, 7) is 4.34. The van der Waals surface area contributed by atoms with E-state index >= 15 is 0 Å². The number of rotatable bonds is 7. The van der Waals surface area contributed by atoms with Gasteiger partial charge >= 0.3 is 0 Å². The van der Waals surface area contributed by atoms with Crippen LogP contribution >= 0.6 is 0 Å². The van der Waals surface area contributed by atoms with E-state index in [4.69, 9.17) is 15.7 Å². The molecule has 0 radical (unpaired) electrons. The molecule has 0 unspecified atom stereocenters. The summed E-state index contributed by atoms with van der Waals surface area (Å²) in [7, 11) is 0. The van der Waals surface area contributed by atoms with Gasteiger partial charge in [0.2, 0.25) is 0 Å². The van der Waals surface area contributed by atoms with Crippen LogP contribution < -0.4 is 5.73 Å². The number of amidine groups is 1. The van der Waals surface area contributed by atoms with Gasteiger partial charge in [-0.2, -0.15) is 0 Å². The fourth-order valence-electron chi connectivity index (χ4n) is 6.35. The second-order valence-electron chi connectivity index (χ2n) is 12.0. The SMILES string of the molecule is C=C(/C=C(\N=C(/N)c1ccccc1)c1ccc(-c2ccc(-c3ccc4ccc5cccnc5c4n3)c3ccccc23)cc1)c1ccccc1. The molecular formula is C45H32N4. The average Bonchev–Trinajstić information content (AvgIpc) is 3.17. The van der Waals surface area contributed by atoms with Crippen molar-refractivity contribution in [3.63, 3.8) is 0 Å². The zero-order chi connectivity index (χ0) is 33.2. The van der Waals surface area contributed by atoms with Crippen molar-refractivity contribution in [2.24, 2.45) is 10.7 Å². The van der Waals surface area contributed by atoms with Crippen LogP contribution in [0.1, 0.15) is 16.7 Å². The lowest BCUT2D eigenvalue weighted by Crippen LogP contribution is -2.13. The maximum Gasteiger partial charge on any atom is 0.131 e. The van der Waals surface area contributed by atoms with Crippen LogP contribution in [0.5, 0.6) is 0 Å². The quantitative estimate of drug-likeness (QED) is 0.0827. The van der Waals surface area contributed by atoms with Crippen molar-refractivity contribution in [2.45, 2.75) is 0 Å². The highest BCUT2D eigenvalue weighted by Gasteiger charge is 2.13. The van der Waals surface area contributed by atoms with Crippen LogP contribution in [-0.2, 0) is 0 Å². The maximum absolute atomic E-state index is 6.52. The number of hydrogen-bond acceptors (Lipinski definition) is 3. The van der Waals surface area contributed by atoms with E-state index in [1.165, 1.54) is 0 Å². The van der Waals surface area contributed by atoms with Crippen molar-refractivity contribution < 1.29 is 0 Å². The first-order valence-electron chi connectivity index (χ1n) is 16.3. The first-order chi connectivity index (χ1) is 24.1. The molecule has 8 rings (SSSR count). The Hall–Kier alpha value is -6.65. The van der Waals surface area contributed by atoms with Crippen molar-refractivity contribution in [1.29, 1.82) is 0 Å². The minimum atomic E-state index is 0.449. The van der Waals surface area contributed by atoms with Gasteiger partial charge < -0.3 is 5.73 Å². The molecule has 232 valence electrons. The van der Waals surface area contributed by atoms with Crippen LogP contribution in [0.3, 0.4) is 0 Å². The molecule has 0 saturated carbocycles. The molecule has 6 aromatic carbocycles. The van der Waals surface area contributed by atoms with E-state index in [1.54, 1.807) is 0 Å². The second kappa shape index (κ2) is 12.9. The van der Waals surface area contributed by atoms with Gasteiger partial charge in [-0.1, -0.05) is 152 Å². The molecule has 0 amide bonds. The van der Waals surface area contributed by atoms with Gasteiger partial charge in [0, 0.05) is 33.7 Å². The number of aromatic nitrogens is 2. The Morgan fingerprint density at radius 1 is 0.551 bits per heavy atom. The Bertz CT molecular complexity index is 2550. The molecule has 4 nitrogen and oxygen atoms in total. The maximum atomic E-state index is 6.52. The normalized spacial score (nSPS) is 12.1. The lowest BCUT2D eigenvalue weighted by Gasteiger charge is -2.13. The predicted molar refractivity (Wildman–Crippen MR) is 206 cm³/mol. The third-order valence-corrected chi connectivity index (χ3v) is 8.89. The highest BCUT2D eigenvalue weighted by molar-refractivity contribution is 6.07. The Balaban J connectivity index is 1.19. The van der Waals surface area contributed by atoms with E-state index in [1.807, 2.05) is 79.0 Å². The number of nitrogens with two attached hydrogens (primary N) is 1. The molecule has 0 aliphatic rings. The van der Waals surface area contributed by atoms with Gasteiger partial charge in [-0.15, -0.1) is 0 Å². The van der Waals surface area contributed by atoms with Crippen LogP contribution in [0.4, 0.5) is 0 Å². The molecule has 0 spiro atoms. The smallest absolute Gasteiger partial charge is 0.131 e. The average molecular weight is 629 g/mol. The fourth-order valence-corrected chi connectivity index (χ4v) is 6.35. The van der Waals surface area contributed by atoms with Crippen LogP contribution in [-0.4, -0.2) is 15.8 Å². The van der Waals surface area contributed by atoms with E-state index in [0.717, 1.165) is 82.9 Å². The van der Waals surface area contributed by atoms with Crippen molar-refractivity contribution in [3.05, 3.63) is 193 Å². The van der Waals surface area contributed by atoms with Crippen LogP contribution in [0.25, 0.3) is 66.2 Å². The zero-order valence-electron chi connectivity index (χ0n) is 26.8. The van der Waals surface area contributed by atoms with Gasteiger partial charge in [0.15, 0.2) is 0 Å². The molecule has 4 heteroatoms. The molecule has 8 aromatic rings. The molecule has 0 bridgehead atoms. The summed E-state index contributed by atoms with van der Waals surface area (Å²) >= 11 is 0. The summed E-state index contributed by atoms with van der Waals surface area (Å²) < 4.78 is 0. The highest BCUT2D eigenvalue weighted by atomic mass is 14.9. The Kier molecular flexibility index (Phi) is 7.80. The number of allylic oxidation sites excluding steroid dienone is 2. The standard InChI is InChI=1S/C45H32N4/c1-30(31-11-4-2-5-12-31)29-42(49-45(46)36-13-6-3-7-14-36)33-20-18-32(19-21-33)37-25-26-40(39-17-9-8-16-38(37)39)41-27-24-35-23-22-34-15-10-28-47-43(34)44(35)48-41/h2-29H,1H2,(H2,46,49)/b42-29-. The number of nitrogens with zero attached hydrogens (tertiary/aromatic N) is 3. The van der Waals surface area contributed by atoms with Crippen molar-refractivity contribution in [3.8, 4) is 22.4 Å². The lowest BCUT2D eigenvalue weighted by atomic mass is 9.93. The minimum absolute atomic E-state index is 0.449. The topological polar surface area (TPSA) is 64.2 Å². The summed E-state index contributed by atoms with van der Waals surface area (Å²) in [4.78, 5) is 14.7. The van der Waals surface area contributed by atoms with E-state index < -0.39 is 0 Å². The van der Waals surface area contributed by atoms with E-state index in [2.05, 4.69) is 103 Å². The number of aliphatic imine (C=N–C) groups is 1. The number of fused-ring (bicyclic) bond motifs is 4. The van der Waals surface area contributed by atoms with Gasteiger partial charge in [0.25, 0.3) is 0 Å². The first-order valence-corrected chi connectivity index (χ1v) is 16.3. The minimum Gasteiger partial charge on any atom is -0.383 e. The molecule has 0 aliphatic carbocycles. The summed E-state index contributed by atoms with van der Waals surface area (Å²) in [6.07, 6.45) is 3.83.